The largest absolute Gasteiger partial charge is 0.380 e. The molecule has 1 heterocycles. The highest BCUT2D eigenvalue weighted by Gasteiger charge is 2.33. The van der Waals surface area contributed by atoms with E-state index >= 15 is 0 Å². The first-order valence-electron chi connectivity index (χ1n) is 5.95. The molecule has 0 amide bonds. The third kappa shape index (κ3) is 3.29. The molecule has 0 N–H and O–H groups in total. The third-order valence-electron chi connectivity index (χ3n) is 3.05. The quantitative estimate of drug-likeness (QED) is 0.799. The second-order valence-corrected chi connectivity index (χ2v) is 4.53. The topological polar surface area (TPSA) is 42.2 Å². The predicted molar refractivity (Wildman–Crippen MR) is 64.2 cm³/mol. The molecule has 0 bridgehead atoms. The van der Waals surface area contributed by atoms with Crippen LogP contribution in [-0.4, -0.2) is 19.8 Å². The second kappa shape index (κ2) is 5.81. The van der Waals surface area contributed by atoms with E-state index < -0.39 is 5.41 Å². The maximum atomic E-state index is 9.23. The molecule has 3 nitrogen and oxygen atoms in total. The van der Waals surface area contributed by atoms with Crippen molar-refractivity contribution in [1.29, 1.82) is 5.26 Å². The first kappa shape index (κ1) is 12.1. The minimum absolute atomic E-state index is 0.437. The van der Waals surface area contributed by atoms with E-state index in [4.69, 9.17) is 9.47 Å². The van der Waals surface area contributed by atoms with Crippen molar-refractivity contribution in [3.05, 3.63) is 35.9 Å². The van der Waals surface area contributed by atoms with Crippen molar-refractivity contribution < 1.29 is 9.47 Å². The van der Waals surface area contributed by atoms with Crippen LogP contribution >= 0.6 is 0 Å². The van der Waals surface area contributed by atoms with E-state index in [2.05, 4.69) is 6.07 Å². The molecule has 3 heteroatoms. The van der Waals surface area contributed by atoms with Crippen LogP contribution in [0.15, 0.2) is 30.3 Å². The van der Waals surface area contributed by atoms with Crippen molar-refractivity contribution in [2.75, 3.05) is 19.8 Å². The van der Waals surface area contributed by atoms with Crippen LogP contribution in [0.4, 0.5) is 0 Å². The van der Waals surface area contributed by atoms with E-state index in [9.17, 15) is 5.26 Å². The smallest absolute Gasteiger partial charge is 0.104 e. The van der Waals surface area contributed by atoms with Crippen molar-refractivity contribution in [3.8, 4) is 6.07 Å². The molecule has 0 spiro atoms. The van der Waals surface area contributed by atoms with Gasteiger partial charge in [0.2, 0.25) is 0 Å². The van der Waals surface area contributed by atoms with Crippen molar-refractivity contribution >= 4 is 0 Å². The Morgan fingerprint density at radius 1 is 1.35 bits per heavy atom. The maximum absolute atomic E-state index is 9.23. The van der Waals surface area contributed by atoms with E-state index in [-0.39, 0.29) is 0 Å². The van der Waals surface area contributed by atoms with Crippen LogP contribution < -0.4 is 0 Å². The van der Waals surface area contributed by atoms with Crippen molar-refractivity contribution in [2.24, 2.45) is 5.41 Å². The number of hydrogen-bond acceptors (Lipinski definition) is 3. The van der Waals surface area contributed by atoms with Gasteiger partial charge in [-0.05, 0) is 18.4 Å². The molecule has 1 aliphatic rings. The molecule has 17 heavy (non-hydrogen) atoms. The van der Waals surface area contributed by atoms with Crippen LogP contribution in [0.5, 0.6) is 0 Å². The van der Waals surface area contributed by atoms with Gasteiger partial charge in [0.15, 0.2) is 0 Å². The van der Waals surface area contributed by atoms with Gasteiger partial charge in [-0.2, -0.15) is 5.26 Å². The van der Waals surface area contributed by atoms with E-state index in [1.807, 2.05) is 30.3 Å². The van der Waals surface area contributed by atoms with E-state index in [1.165, 1.54) is 0 Å². The van der Waals surface area contributed by atoms with Gasteiger partial charge in [-0.1, -0.05) is 30.3 Å². The standard InChI is InChI=1S/C14H17NO2/c15-10-14(7-4-8-16-11-14)12-17-9-13-5-2-1-3-6-13/h1-3,5-6H,4,7-9,11-12H2. The molecule has 90 valence electrons. The van der Waals surface area contributed by atoms with Gasteiger partial charge in [0.05, 0.1) is 25.9 Å². The van der Waals surface area contributed by atoms with E-state index in [1.54, 1.807) is 0 Å². The molecular formula is C14H17NO2. The fourth-order valence-corrected chi connectivity index (χ4v) is 2.03. The lowest BCUT2D eigenvalue weighted by Crippen LogP contribution is -2.34. The monoisotopic (exact) mass is 231 g/mol. The molecule has 1 unspecified atom stereocenters. The summed E-state index contributed by atoms with van der Waals surface area (Å²) in [5.74, 6) is 0. The fourth-order valence-electron chi connectivity index (χ4n) is 2.03. The molecule has 2 rings (SSSR count). The molecule has 0 aliphatic carbocycles. The minimum Gasteiger partial charge on any atom is -0.380 e. The Morgan fingerprint density at radius 3 is 2.82 bits per heavy atom. The van der Waals surface area contributed by atoms with Crippen LogP contribution in [0.3, 0.4) is 0 Å². The lowest BCUT2D eigenvalue weighted by atomic mass is 9.85. The van der Waals surface area contributed by atoms with Crippen LogP contribution in [0.2, 0.25) is 0 Å². The zero-order valence-electron chi connectivity index (χ0n) is 9.89. The zero-order valence-corrected chi connectivity index (χ0v) is 9.89. The average Bonchev–Trinajstić information content (AvgIpc) is 2.41. The molecule has 0 saturated carbocycles. The van der Waals surface area contributed by atoms with Gasteiger partial charge in [0, 0.05) is 6.61 Å². The van der Waals surface area contributed by atoms with Gasteiger partial charge in [-0.15, -0.1) is 0 Å². The van der Waals surface area contributed by atoms with Gasteiger partial charge in [-0.25, -0.2) is 0 Å². The number of nitriles is 1. The third-order valence-corrected chi connectivity index (χ3v) is 3.05. The minimum atomic E-state index is -0.437. The Hall–Kier alpha value is -1.37. The summed E-state index contributed by atoms with van der Waals surface area (Å²) in [5.41, 5.74) is 0.699. The highest BCUT2D eigenvalue weighted by atomic mass is 16.5. The summed E-state index contributed by atoms with van der Waals surface area (Å²) >= 11 is 0. The summed E-state index contributed by atoms with van der Waals surface area (Å²) in [4.78, 5) is 0. The summed E-state index contributed by atoms with van der Waals surface area (Å²) in [6.07, 6.45) is 1.82. The normalized spacial score (nSPS) is 24.2. The van der Waals surface area contributed by atoms with Crippen LogP contribution in [0, 0.1) is 16.7 Å². The Balaban J connectivity index is 1.83. The summed E-state index contributed by atoms with van der Waals surface area (Å²) in [5, 5.41) is 9.23. The number of hydrogen-bond donors (Lipinski definition) is 0. The Labute approximate surface area is 102 Å². The Morgan fingerprint density at radius 2 is 2.18 bits per heavy atom. The number of ether oxygens (including phenoxy) is 2. The highest BCUT2D eigenvalue weighted by Crippen LogP contribution is 2.28. The molecule has 1 atom stereocenters. The summed E-state index contributed by atoms with van der Waals surface area (Å²) < 4.78 is 11.0. The molecule has 0 radical (unpaired) electrons. The van der Waals surface area contributed by atoms with Crippen molar-refractivity contribution in [1.82, 2.24) is 0 Å². The molecule has 1 fully saturated rings. The Kier molecular flexibility index (Phi) is 4.13. The predicted octanol–water partition coefficient (Wildman–Crippen LogP) is 2.52. The Bertz CT molecular complexity index is 377. The zero-order chi connectivity index (χ0) is 12.0. The lowest BCUT2D eigenvalue weighted by molar-refractivity contribution is -0.0335. The molecule has 0 aromatic heterocycles. The second-order valence-electron chi connectivity index (χ2n) is 4.53. The van der Waals surface area contributed by atoms with Gasteiger partial charge in [-0.3, -0.25) is 0 Å². The summed E-state index contributed by atoms with van der Waals surface area (Å²) in [7, 11) is 0. The van der Waals surface area contributed by atoms with Crippen molar-refractivity contribution in [3.63, 3.8) is 0 Å². The average molecular weight is 231 g/mol. The fraction of sp³-hybridized carbons (Fsp3) is 0.500. The van der Waals surface area contributed by atoms with Gasteiger partial charge >= 0.3 is 0 Å². The highest BCUT2D eigenvalue weighted by molar-refractivity contribution is 5.13. The van der Waals surface area contributed by atoms with E-state index in [0.29, 0.717) is 19.8 Å². The van der Waals surface area contributed by atoms with Crippen LogP contribution in [-0.2, 0) is 16.1 Å². The maximum Gasteiger partial charge on any atom is 0.104 e. The molecule has 1 saturated heterocycles. The van der Waals surface area contributed by atoms with Gasteiger partial charge in [0.1, 0.15) is 5.41 Å². The number of benzene rings is 1. The number of rotatable bonds is 4. The molecule has 1 aliphatic heterocycles. The SMILES string of the molecule is N#CC1(COCc2ccccc2)CCCOC1. The summed E-state index contributed by atoms with van der Waals surface area (Å²) in [6.45, 7) is 2.28. The van der Waals surface area contributed by atoms with E-state index in [0.717, 1.165) is 25.0 Å². The van der Waals surface area contributed by atoms with Crippen molar-refractivity contribution in [2.45, 2.75) is 19.4 Å². The van der Waals surface area contributed by atoms with Gasteiger partial charge in [0.25, 0.3) is 0 Å². The molecule has 1 aromatic carbocycles. The number of nitrogens with zero attached hydrogens (tertiary/aromatic N) is 1. The molecule has 1 aromatic rings. The first-order chi connectivity index (χ1) is 8.35. The first-order valence-corrected chi connectivity index (χ1v) is 5.95. The van der Waals surface area contributed by atoms with Crippen LogP contribution in [0.25, 0.3) is 0 Å². The molecular weight excluding hydrogens is 214 g/mol. The van der Waals surface area contributed by atoms with Crippen LogP contribution in [0.1, 0.15) is 18.4 Å². The van der Waals surface area contributed by atoms with Gasteiger partial charge < -0.3 is 9.47 Å². The lowest BCUT2D eigenvalue weighted by Gasteiger charge is -2.30. The summed E-state index contributed by atoms with van der Waals surface area (Å²) in [6, 6.07) is 12.4.